The minimum atomic E-state index is 0.761. The lowest BCUT2D eigenvalue weighted by Crippen LogP contribution is -2.20. The fourth-order valence-corrected chi connectivity index (χ4v) is 3.11. The Bertz CT molecular complexity index is 542. The third kappa shape index (κ3) is 4.88. The summed E-state index contributed by atoms with van der Waals surface area (Å²) in [4.78, 5) is 0. The van der Waals surface area contributed by atoms with E-state index in [4.69, 9.17) is 4.74 Å². The van der Waals surface area contributed by atoms with Gasteiger partial charge in [0.25, 0.3) is 0 Å². The molecule has 0 saturated heterocycles. The second kappa shape index (κ2) is 8.87. The van der Waals surface area contributed by atoms with Gasteiger partial charge in [-0.25, -0.2) is 0 Å². The normalized spacial score (nSPS) is 11.0. The van der Waals surface area contributed by atoms with Gasteiger partial charge in [0, 0.05) is 25.6 Å². The molecule has 5 heteroatoms. The van der Waals surface area contributed by atoms with Crippen molar-refractivity contribution in [3.05, 3.63) is 34.8 Å². The number of hydrogen-bond acceptors (Lipinski definition) is 5. The summed E-state index contributed by atoms with van der Waals surface area (Å²) >= 11 is 1.71. The van der Waals surface area contributed by atoms with Crippen molar-refractivity contribution in [2.24, 2.45) is 0 Å². The van der Waals surface area contributed by atoms with Gasteiger partial charge in [0.1, 0.15) is 10.0 Å². The molecule has 1 aromatic heterocycles. The number of hydrogen-bond donors (Lipinski definition) is 1. The molecule has 0 fully saturated rings. The van der Waals surface area contributed by atoms with Crippen LogP contribution in [0.4, 0.5) is 0 Å². The van der Waals surface area contributed by atoms with Crippen molar-refractivity contribution in [2.75, 3.05) is 26.8 Å². The van der Waals surface area contributed by atoms with Crippen LogP contribution in [0.25, 0.3) is 10.6 Å². The molecule has 2 rings (SSSR count). The zero-order valence-corrected chi connectivity index (χ0v) is 13.6. The molecule has 0 bridgehead atoms. The van der Waals surface area contributed by atoms with E-state index in [-0.39, 0.29) is 0 Å². The minimum Gasteiger partial charge on any atom is -0.383 e. The molecule has 0 unspecified atom stereocenters. The van der Waals surface area contributed by atoms with Crippen LogP contribution in [0.5, 0.6) is 0 Å². The van der Waals surface area contributed by atoms with E-state index in [1.807, 2.05) is 0 Å². The summed E-state index contributed by atoms with van der Waals surface area (Å²) in [6.45, 7) is 4.83. The quantitative estimate of drug-likeness (QED) is 0.724. The molecule has 4 nitrogen and oxygen atoms in total. The van der Waals surface area contributed by atoms with Crippen LogP contribution in [0, 0.1) is 0 Å². The highest BCUT2D eigenvalue weighted by Gasteiger charge is 2.09. The van der Waals surface area contributed by atoms with Gasteiger partial charge in [-0.1, -0.05) is 42.5 Å². The van der Waals surface area contributed by atoms with E-state index in [1.165, 1.54) is 11.1 Å². The maximum Gasteiger partial charge on any atom is 0.148 e. The van der Waals surface area contributed by atoms with Gasteiger partial charge in [-0.2, -0.15) is 0 Å². The molecule has 0 radical (unpaired) electrons. The van der Waals surface area contributed by atoms with Crippen molar-refractivity contribution in [1.82, 2.24) is 15.5 Å². The van der Waals surface area contributed by atoms with Crippen LogP contribution in [-0.2, 0) is 17.6 Å². The maximum atomic E-state index is 5.00. The highest BCUT2D eigenvalue weighted by atomic mass is 32.1. The predicted octanol–water partition coefficient (Wildman–Crippen LogP) is 2.94. The van der Waals surface area contributed by atoms with E-state index < -0.39 is 0 Å². The Hall–Kier alpha value is -1.30. The van der Waals surface area contributed by atoms with E-state index in [0.29, 0.717) is 0 Å². The fourth-order valence-electron chi connectivity index (χ4n) is 2.16. The molecule has 0 aliphatic heterocycles. The maximum absolute atomic E-state index is 5.00. The number of aromatic nitrogens is 2. The van der Waals surface area contributed by atoms with Crippen LogP contribution >= 0.6 is 11.3 Å². The largest absolute Gasteiger partial charge is 0.383 e. The highest BCUT2D eigenvalue weighted by Crippen LogP contribution is 2.27. The Kier molecular flexibility index (Phi) is 6.79. The number of nitrogens with one attached hydrogen (secondary N) is 1. The molecule has 0 aliphatic rings. The Labute approximate surface area is 130 Å². The molecule has 1 heterocycles. The van der Waals surface area contributed by atoms with Crippen LogP contribution < -0.4 is 5.32 Å². The Morgan fingerprint density at radius 2 is 2.05 bits per heavy atom. The van der Waals surface area contributed by atoms with Crippen molar-refractivity contribution in [3.63, 3.8) is 0 Å². The first-order chi connectivity index (χ1) is 10.3. The van der Waals surface area contributed by atoms with Crippen LogP contribution in [-0.4, -0.2) is 37.0 Å². The van der Waals surface area contributed by atoms with Crippen LogP contribution in [0.3, 0.4) is 0 Å². The second-order valence-corrected chi connectivity index (χ2v) is 5.92. The van der Waals surface area contributed by atoms with Crippen LogP contribution in [0.2, 0.25) is 0 Å². The van der Waals surface area contributed by atoms with Crippen LogP contribution in [0.1, 0.15) is 23.9 Å². The second-order valence-electron chi connectivity index (χ2n) is 4.86. The Balaban J connectivity index is 1.87. The molecule has 1 N–H and O–H groups in total. The van der Waals surface area contributed by atoms with Gasteiger partial charge in [-0.3, -0.25) is 0 Å². The first kappa shape index (κ1) is 16.1. The van der Waals surface area contributed by atoms with Gasteiger partial charge in [-0.15, -0.1) is 10.2 Å². The molecule has 114 valence electrons. The number of ether oxygens (including phenoxy) is 1. The average molecular weight is 305 g/mol. The fraction of sp³-hybridized carbons (Fsp3) is 0.500. The molecule has 0 aliphatic carbocycles. The SMILES string of the molecule is CCc1ccccc1-c1nnc(CCCNCCOC)s1. The minimum absolute atomic E-state index is 0.761. The van der Waals surface area contributed by atoms with Gasteiger partial charge in [0.2, 0.25) is 0 Å². The van der Waals surface area contributed by atoms with Gasteiger partial charge in [0.05, 0.1) is 6.61 Å². The summed E-state index contributed by atoms with van der Waals surface area (Å²) in [6, 6.07) is 8.44. The topological polar surface area (TPSA) is 47.0 Å². The summed E-state index contributed by atoms with van der Waals surface area (Å²) in [5.74, 6) is 0. The monoisotopic (exact) mass is 305 g/mol. The zero-order chi connectivity index (χ0) is 14.9. The molecule has 21 heavy (non-hydrogen) atoms. The first-order valence-corrected chi connectivity index (χ1v) is 8.27. The average Bonchev–Trinajstić information content (AvgIpc) is 2.99. The van der Waals surface area contributed by atoms with Gasteiger partial charge in [0.15, 0.2) is 0 Å². The van der Waals surface area contributed by atoms with E-state index in [0.717, 1.165) is 49.0 Å². The van der Waals surface area contributed by atoms with Crippen molar-refractivity contribution in [1.29, 1.82) is 0 Å². The summed E-state index contributed by atoms with van der Waals surface area (Å²) in [6.07, 6.45) is 3.08. The predicted molar refractivity (Wildman–Crippen MR) is 87.8 cm³/mol. The van der Waals surface area contributed by atoms with Crippen molar-refractivity contribution < 1.29 is 4.74 Å². The molecule has 0 amide bonds. The van der Waals surface area contributed by atoms with E-state index in [1.54, 1.807) is 18.4 Å². The molecule has 0 saturated carbocycles. The van der Waals surface area contributed by atoms with Gasteiger partial charge >= 0.3 is 0 Å². The number of methoxy groups -OCH3 is 1. The number of benzene rings is 1. The Morgan fingerprint density at radius 1 is 1.19 bits per heavy atom. The smallest absolute Gasteiger partial charge is 0.148 e. The van der Waals surface area contributed by atoms with E-state index in [2.05, 4.69) is 46.7 Å². The third-order valence-corrected chi connectivity index (χ3v) is 4.34. The molecular formula is C16H23N3OS. The molecule has 0 atom stereocenters. The molecule has 1 aromatic carbocycles. The zero-order valence-electron chi connectivity index (χ0n) is 12.8. The lowest BCUT2D eigenvalue weighted by Gasteiger charge is -2.03. The van der Waals surface area contributed by atoms with E-state index >= 15 is 0 Å². The summed E-state index contributed by atoms with van der Waals surface area (Å²) in [5.41, 5.74) is 2.56. The molecular weight excluding hydrogens is 282 g/mol. The first-order valence-electron chi connectivity index (χ1n) is 7.45. The third-order valence-electron chi connectivity index (χ3n) is 3.32. The van der Waals surface area contributed by atoms with E-state index in [9.17, 15) is 0 Å². The van der Waals surface area contributed by atoms with Gasteiger partial charge in [-0.05, 0) is 24.9 Å². The summed E-state index contributed by atoms with van der Waals surface area (Å²) in [7, 11) is 1.72. The summed E-state index contributed by atoms with van der Waals surface area (Å²) in [5, 5.41) is 14.2. The van der Waals surface area contributed by atoms with Crippen molar-refractivity contribution in [3.8, 4) is 10.6 Å². The summed E-state index contributed by atoms with van der Waals surface area (Å²) < 4.78 is 5.00. The molecule has 2 aromatic rings. The lowest BCUT2D eigenvalue weighted by atomic mass is 10.1. The standard InChI is InChI=1S/C16H23N3OS/c1-3-13-7-4-5-8-14(13)16-19-18-15(21-16)9-6-10-17-11-12-20-2/h4-5,7-8,17H,3,6,9-12H2,1-2H3. The number of nitrogens with zero attached hydrogens (tertiary/aromatic N) is 2. The van der Waals surface area contributed by atoms with Crippen molar-refractivity contribution in [2.45, 2.75) is 26.2 Å². The lowest BCUT2D eigenvalue weighted by molar-refractivity contribution is 0.199. The number of rotatable bonds is 9. The Morgan fingerprint density at radius 3 is 2.86 bits per heavy atom. The molecule has 0 spiro atoms. The van der Waals surface area contributed by atoms with Crippen LogP contribution in [0.15, 0.2) is 24.3 Å². The highest BCUT2D eigenvalue weighted by molar-refractivity contribution is 7.14. The number of aryl methyl sites for hydroxylation is 2. The van der Waals surface area contributed by atoms with Crippen molar-refractivity contribution >= 4 is 11.3 Å². The van der Waals surface area contributed by atoms with Gasteiger partial charge < -0.3 is 10.1 Å².